The van der Waals surface area contributed by atoms with Crippen molar-refractivity contribution in [2.45, 2.75) is 12.8 Å². The molecule has 1 aliphatic rings. The zero-order chi connectivity index (χ0) is 17.9. The number of rotatable bonds is 9. The fourth-order valence-corrected chi connectivity index (χ4v) is 3.01. The van der Waals surface area contributed by atoms with Gasteiger partial charge in [0, 0.05) is 38.0 Å². The Hall–Kier alpha value is -2.17. The first-order valence-electron chi connectivity index (χ1n) is 9.47. The molecule has 138 valence electrons. The monoisotopic (exact) mass is 352 g/mol. The standard InChI is InChI=1S/C22H28N2O2/c1-2-7-20(8-3-1)11-12-23-19-21-9-4-5-10-22(21)26-16-6-13-24-14-17-25-18-15-24/h1-5,7-10,19H,6,11-18H2/b23-19-. The van der Waals surface area contributed by atoms with Crippen LogP contribution in [0.15, 0.2) is 59.6 Å². The molecule has 0 unspecified atom stereocenters. The smallest absolute Gasteiger partial charge is 0.128 e. The molecule has 0 atom stereocenters. The van der Waals surface area contributed by atoms with Crippen molar-refractivity contribution in [3.8, 4) is 5.75 Å². The van der Waals surface area contributed by atoms with E-state index in [1.54, 1.807) is 0 Å². The third kappa shape index (κ3) is 6.28. The lowest BCUT2D eigenvalue weighted by atomic mass is 10.1. The van der Waals surface area contributed by atoms with Crippen molar-refractivity contribution >= 4 is 6.21 Å². The molecule has 1 saturated heterocycles. The Morgan fingerprint density at radius 1 is 1.00 bits per heavy atom. The Kier molecular flexibility index (Phi) is 7.69. The van der Waals surface area contributed by atoms with Gasteiger partial charge in [0.2, 0.25) is 0 Å². The van der Waals surface area contributed by atoms with Crippen LogP contribution in [-0.4, -0.2) is 57.1 Å². The number of hydrogen-bond donors (Lipinski definition) is 0. The Bertz CT molecular complexity index is 667. The predicted octanol–water partition coefficient (Wildman–Crippen LogP) is 3.45. The minimum atomic E-state index is 0.728. The third-order valence-electron chi connectivity index (χ3n) is 4.50. The number of benzene rings is 2. The summed E-state index contributed by atoms with van der Waals surface area (Å²) < 4.78 is 11.4. The summed E-state index contributed by atoms with van der Waals surface area (Å²) in [6, 6.07) is 18.6. The van der Waals surface area contributed by atoms with Crippen LogP contribution in [0.3, 0.4) is 0 Å². The zero-order valence-electron chi connectivity index (χ0n) is 15.3. The lowest BCUT2D eigenvalue weighted by Crippen LogP contribution is -2.37. The lowest BCUT2D eigenvalue weighted by molar-refractivity contribution is 0.0358. The van der Waals surface area contributed by atoms with Crippen molar-refractivity contribution in [3.05, 3.63) is 65.7 Å². The Morgan fingerprint density at radius 3 is 2.62 bits per heavy atom. The molecule has 1 aliphatic heterocycles. The fourth-order valence-electron chi connectivity index (χ4n) is 3.01. The molecule has 0 bridgehead atoms. The van der Waals surface area contributed by atoms with Crippen LogP contribution < -0.4 is 4.74 Å². The van der Waals surface area contributed by atoms with E-state index in [1.165, 1.54) is 5.56 Å². The van der Waals surface area contributed by atoms with Gasteiger partial charge in [0.05, 0.1) is 19.8 Å². The molecular weight excluding hydrogens is 324 g/mol. The van der Waals surface area contributed by atoms with Crippen molar-refractivity contribution in [2.24, 2.45) is 4.99 Å². The van der Waals surface area contributed by atoms with E-state index in [4.69, 9.17) is 9.47 Å². The number of para-hydroxylation sites is 1. The average molecular weight is 352 g/mol. The highest BCUT2D eigenvalue weighted by Gasteiger charge is 2.09. The van der Waals surface area contributed by atoms with Crippen LogP contribution in [0.5, 0.6) is 5.75 Å². The second kappa shape index (κ2) is 10.7. The minimum Gasteiger partial charge on any atom is -0.493 e. The highest BCUT2D eigenvalue weighted by atomic mass is 16.5. The first kappa shape index (κ1) is 18.6. The second-order valence-electron chi connectivity index (χ2n) is 6.46. The Morgan fingerprint density at radius 2 is 1.77 bits per heavy atom. The predicted molar refractivity (Wildman–Crippen MR) is 106 cm³/mol. The van der Waals surface area contributed by atoms with Crippen molar-refractivity contribution in [3.63, 3.8) is 0 Å². The SMILES string of the molecule is C(=N/CCc1ccccc1)/c1ccccc1OCCCN1CCOCC1. The molecule has 0 spiro atoms. The molecule has 0 aliphatic carbocycles. The normalized spacial score (nSPS) is 15.4. The number of aliphatic imine (C=N–C) groups is 1. The molecule has 0 saturated carbocycles. The molecule has 4 heteroatoms. The third-order valence-corrected chi connectivity index (χ3v) is 4.50. The maximum absolute atomic E-state index is 5.99. The maximum Gasteiger partial charge on any atom is 0.128 e. The second-order valence-corrected chi connectivity index (χ2v) is 6.46. The van der Waals surface area contributed by atoms with Gasteiger partial charge in [-0.3, -0.25) is 9.89 Å². The van der Waals surface area contributed by atoms with Crippen molar-refractivity contribution in [2.75, 3.05) is 46.0 Å². The summed E-state index contributed by atoms with van der Waals surface area (Å²) in [6.07, 6.45) is 3.92. The zero-order valence-corrected chi connectivity index (χ0v) is 15.3. The van der Waals surface area contributed by atoms with Gasteiger partial charge in [-0.1, -0.05) is 42.5 Å². The average Bonchev–Trinajstić information content (AvgIpc) is 2.71. The van der Waals surface area contributed by atoms with E-state index < -0.39 is 0 Å². The van der Waals surface area contributed by atoms with Gasteiger partial charge in [-0.15, -0.1) is 0 Å². The molecule has 2 aromatic rings. The number of ether oxygens (including phenoxy) is 2. The molecule has 0 radical (unpaired) electrons. The molecule has 26 heavy (non-hydrogen) atoms. The highest BCUT2D eigenvalue weighted by Crippen LogP contribution is 2.16. The molecular formula is C22H28N2O2. The van der Waals surface area contributed by atoms with Gasteiger partial charge in [-0.05, 0) is 30.5 Å². The van der Waals surface area contributed by atoms with Crippen molar-refractivity contribution in [1.82, 2.24) is 4.90 Å². The van der Waals surface area contributed by atoms with Crippen LogP contribution in [-0.2, 0) is 11.2 Å². The number of hydrogen-bond acceptors (Lipinski definition) is 4. The van der Waals surface area contributed by atoms with Gasteiger partial charge < -0.3 is 9.47 Å². The molecule has 0 aromatic heterocycles. The summed E-state index contributed by atoms with van der Waals surface area (Å²) in [4.78, 5) is 7.01. The number of morpholine rings is 1. The van der Waals surface area contributed by atoms with Crippen molar-refractivity contribution < 1.29 is 9.47 Å². The Balaban J connectivity index is 1.42. The maximum atomic E-state index is 5.99. The van der Waals surface area contributed by atoms with Gasteiger partial charge in [-0.2, -0.15) is 0 Å². The summed E-state index contributed by atoms with van der Waals surface area (Å²) in [6.45, 7) is 6.35. The molecule has 1 fully saturated rings. The van der Waals surface area contributed by atoms with Gasteiger partial charge in [0.25, 0.3) is 0 Å². The summed E-state index contributed by atoms with van der Waals surface area (Å²) in [7, 11) is 0. The van der Waals surface area contributed by atoms with Gasteiger partial charge >= 0.3 is 0 Å². The molecule has 3 rings (SSSR count). The van der Waals surface area contributed by atoms with E-state index in [1.807, 2.05) is 30.5 Å². The first-order chi connectivity index (χ1) is 12.9. The summed E-state index contributed by atoms with van der Waals surface area (Å²) in [5, 5.41) is 0. The van der Waals surface area contributed by atoms with E-state index in [0.29, 0.717) is 0 Å². The van der Waals surface area contributed by atoms with Crippen LogP contribution >= 0.6 is 0 Å². The Labute approximate surface area is 156 Å². The van der Waals surface area contributed by atoms with E-state index in [0.717, 1.165) is 70.2 Å². The van der Waals surface area contributed by atoms with Gasteiger partial charge in [0.1, 0.15) is 5.75 Å². The van der Waals surface area contributed by atoms with Crippen LogP contribution in [0.25, 0.3) is 0 Å². The van der Waals surface area contributed by atoms with E-state index in [9.17, 15) is 0 Å². The van der Waals surface area contributed by atoms with E-state index in [2.05, 4.69) is 40.2 Å². The topological polar surface area (TPSA) is 34.1 Å². The lowest BCUT2D eigenvalue weighted by Gasteiger charge is -2.26. The van der Waals surface area contributed by atoms with Crippen LogP contribution in [0.4, 0.5) is 0 Å². The summed E-state index contributed by atoms with van der Waals surface area (Å²) >= 11 is 0. The van der Waals surface area contributed by atoms with E-state index >= 15 is 0 Å². The molecule has 1 heterocycles. The molecule has 0 amide bonds. The van der Waals surface area contributed by atoms with Gasteiger partial charge in [0.15, 0.2) is 0 Å². The fraction of sp³-hybridized carbons (Fsp3) is 0.409. The van der Waals surface area contributed by atoms with Crippen LogP contribution in [0.1, 0.15) is 17.5 Å². The first-order valence-corrected chi connectivity index (χ1v) is 9.47. The van der Waals surface area contributed by atoms with Gasteiger partial charge in [-0.25, -0.2) is 0 Å². The quantitative estimate of drug-likeness (QED) is 0.512. The summed E-state index contributed by atoms with van der Waals surface area (Å²) in [5.74, 6) is 0.915. The van der Waals surface area contributed by atoms with Crippen molar-refractivity contribution in [1.29, 1.82) is 0 Å². The molecule has 0 N–H and O–H groups in total. The molecule has 4 nitrogen and oxygen atoms in total. The van der Waals surface area contributed by atoms with E-state index in [-0.39, 0.29) is 0 Å². The largest absolute Gasteiger partial charge is 0.493 e. The number of nitrogens with zero attached hydrogens (tertiary/aromatic N) is 2. The minimum absolute atomic E-state index is 0.728. The van der Waals surface area contributed by atoms with Crippen LogP contribution in [0, 0.1) is 0 Å². The molecule has 2 aromatic carbocycles. The van der Waals surface area contributed by atoms with Crippen LogP contribution in [0.2, 0.25) is 0 Å². The highest BCUT2D eigenvalue weighted by molar-refractivity contribution is 5.83. The summed E-state index contributed by atoms with van der Waals surface area (Å²) in [5.41, 5.74) is 2.37.